The first-order chi connectivity index (χ1) is 11.2. The average Bonchev–Trinajstić information content (AvgIpc) is 2.60. The van der Waals surface area contributed by atoms with Gasteiger partial charge in [0.1, 0.15) is 18.7 Å². The van der Waals surface area contributed by atoms with Crippen LogP contribution in [0.25, 0.3) is 10.9 Å². The topological polar surface area (TPSA) is 81.3 Å². The van der Waals surface area contributed by atoms with Crippen LogP contribution in [0.1, 0.15) is 16.2 Å². The molecular formula is C17H14N2O4. The van der Waals surface area contributed by atoms with E-state index in [1.54, 1.807) is 36.4 Å². The van der Waals surface area contributed by atoms with Crippen molar-refractivity contribution in [2.75, 3.05) is 7.11 Å². The number of fused-ring (bicyclic) bond motifs is 1. The van der Waals surface area contributed by atoms with Crippen LogP contribution in [-0.2, 0) is 6.61 Å². The maximum Gasteiger partial charge on any atom is 0.258 e. The van der Waals surface area contributed by atoms with Gasteiger partial charge in [-0.1, -0.05) is 12.1 Å². The Labute approximate surface area is 131 Å². The first-order valence-electron chi connectivity index (χ1n) is 6.95. The van der Waals surface area contributed by atoms with E-state index in [0.717, 1.165) is 6.29 Å². The van der Waals surface area contributed by atoms with Crippen LogP contribution in [0.3, 0.4) is 0 Å². The third-order valence-electron chi connectivity index (χ3n) is 3.35. The van der Waals surface area contributed by atoms with Gasteiger partial charge in [-0.3, -0.25) is 9.59 Å². The summed E-state index contributed by atoms with van der Waals surface area (Å²) < 4.78 is 10.8. The average molecular weight is 310 g/mol. The summed E-state index contributed by atoms with van der Waals surface area (Å²) in [6.07, 6.45) is 0.731. The molecule has 0 atom stereocenters. The van der Waals surface area contributed by atoms with E-state index in [1.807, 2.05) is 6.07 Å². The normalized spacial score (nSPS) is 10.5. The molecule has 0 unspecified atom stereocenters. The van der Waals surface area contributed by atoms with E-state index in [4.69, 9.17) is 9.47 Å². The molecule has 0 amide bonds. The lowest BCUT2D eigenvalue weighted by Gasteiger charge is -2.11. The Balaban J connectivity index is 1.86. The number of nitrogens with one attached hydrogen (secondary N) is 1. The Bertz CT molecular complexity index is 918. The van der Waals surface area contributed by atoms with Crippen LogP contribution >= 0.6 is 0 Å². The molecule has 0 aliphatic heterocycles. The van der Waals surface area contributed by atoms with E-state index in [1.165, 1.54) is 7.11 Å². The number of carbonyl (C=O) groups excluding carboxylic acids is 1. The molecule has 0 saturated heterocycles. The fourth-order valence-electron chi connectivity index (χ4n) is 2.23. The SMILES string of the molecule is COc1cc(C=O)ccc1OCc1nc2ccccc2c(=O)[nH]1. The molecule has 1 heterocycles. The number of benzene rings is 2. The third-order valence-corrected chi connectivity index (χ3v) is 3.35. The Morgan fingerprint density at radius 3 is 2.78 bits per heavy atom. The molecule has 6 heteroatoms. The number of H-pyrrole nitrogens is 1. The molecule has 116 valence electrons. The molecular weight excluding hydrogens is 296 g/mol. The van der Waals surface area contributed by atoms with Crippen molar-refractivity contribution >= 4 is 17.2 Å². The number of carbonyl (C=O) groups is 1. The van der Waals surface area contributed by atoms with Crippen LogP contribution in [0.15, 0.2) is 47.3 Å². The van der Waals surface area contributed by atoms with Crippen molar-refractivity contribution in [3.05, 3.63) is 64.2 Å². The lowest BCUT2D eigenvalue weighted by molar-refractivity contribution is 0.112. The number of aromatic nitrogens is 2. The second kappa shape index (κ2) is 6.31. The van der Waals surface area contributed by atoms with Crippen LogP contribution in [-0.4, -0.2) is 23.4 Å². The molecule has 23 heavy (non-hydrogen) atoms. The van der Waals surface area contributed by atoms with E-state index in [9.17, 15) is 9.59 Å². The quantitative estimate of drug-likeness (QED) is 0.731. The molecule has 1 aromatic heterocycles. The number of hydrogen-bond donors (Lipinski definition) is 1. The molecule has 0 radical (unpaired) electrons. The van der Waals surface area contributed by atoms with Gasteiger partial charge in [-0.05, 0) is 30.3 Å². The molecule has 3 aromatic rings. The zero-order valence-electron chi connectivity index (χ0n) is 12.4. The Morgan fingerprint density at radius 1 is 1.17 bits per heavy atom. The van der Waals surface area contributed by atoms with Gasteiger partial charge in [-0.2, -0.15) is 0 Å². The number of nitrogens with zero attached hydrogens (tertiary/aromatic N) is 1. The molecule has 2 aromatic carbocycles. The lowest BCUT2D eigenvalue weighted by atomic mass is 10.2. The Hall–Kier alpha value is -3.15. The summed E-state index contributed by atoms with van der Waals surface area (Å²) >= 11 is 0. The summed E-state index contributed by atoms with van der Waals surface area (Å²) in [6, 6.07) is 11.9. The molecule has 3 rings (SSSR count). The largest absolute Gasteiger partial charge is 0.493 e. The molecule has 6 nitrogen and oxygen atoms in total. The van der Waals surface area contributed by atoms with Crippen molar-refractivity contribution in [1.82, 2.24) is 9.97 Å². The fraction of sp³-hybridized carbons (Fsp3) is 0.118. The monoisotopic (exact) mass is 310 g/mol. The summed E-state index contributed by atoms with van der Waals surface area (Å²) in [5, 5.41) is 0.532. The van der Waals surface area contributed by atoms with E-state index in [0.29, 0.717) is 33.8 Å². The first-order valence-corrected chi connectivity index (χ1v) is 6.95. The highest BCUT2D eigenvalue weighted by Crippen LogP contribution is 2.28. The zero-order valence-corrected chi connectivity index (χ0v) is 12.4. The Morgan fingerprint density at radius 2 is 2.00 bits per heavy atom. The van der Waals surface area contributed by atoms with Crippen LogP contribution in [0.2, 0.25) is 0 Å². The molecule has 0 bridgehead atoms. The smallest absolute Gasteiger partial charge is 0.258 e. The number of ether oxygens (including phenoxy) is 2. The minimum Gasteiger partial charge on any atom is -0.493 e. The van der Waals surface area contributed by atoms with Crippen molar-refractivity contribution < 1.29 is 14.3 Å². The molecule has 1 N–H and O–H groups in total. The van der Waals surface area contributed by atoms with Gasteiger partial charge in [0.2, 0.25) is 0 Å². The van der Waals surface area contributed by atoms with Gasteiger partial charge in [-0.15, -0.1) is 0 Å². The second-order valence-electron chi connectivity index (χ2n) is 4.85. The maximum absolute atomic E-state index is 12.0. The zero-order chi connectivity index (χ0) is 16.2. The fourth-order valence-corrected chi connectivity index (χ4v) is 2.23. The van der Waals surface area contributed by atoms with E-state index in [2.05, 4.69) is 9.97 Å². The predicted octanol–water partition coefficient (Wildman–Crippen LogP) is 2.32. The molecule has 0 aliphatic rings. The highest BCUT2D eigenvalue weighted by molar-refractivity contribution is 5.77. The minimum absolute atomic E-state index is 0.0802. The number of hydrogen-bond acceptors (Lipinski definition) is 5. The van der Waals surface area contributed by atoms with Gasteiger partial charge in [0.05, 0.1) is 18.0 Å². The van der Waals surface area contributed by atoms with Crippen molar-refractivity contribution in [2.45, 2.75) is 6.61 Å². The number of aromatic amines is 1. The van der Waals surface area contributed by atoms with Gasteiger partial charge in [0, 0.05) is 5.56 Å². The number of aldehydes is 1. The van der Waals surface area contributed by atoms with E-state index in [-0.39, 0.29) is 12.2 Å². The van der Waals surface area contributed by atoms with Gasteiger partial charge < -0.3 is 14.5 Å². The lowest BCUT2D eigenvalue weighted by Crippen LogP contribution is -2.13. The summed E-state index contributed by atoms with van der Waals surface area (Å²) in [5.41, 5.74) is 0.891. The predicted molar refractivity (Wildman–Crippen MR) is 85.1 cm³/mol. The van der Waals surface area contributed by atoms with Crippen LogP contribution < -0.4 is 15.0 Å². The maximum atomic E-state index is 12.0. The van der Waals surface area contributed by atoms with E-state index >= 15 is 0 Å². The van der Waals surface area contributed by atoms with Crippen LogP contribution in [0.4, 0.5) is 0 Å². The summed E-state index contributed by atoms with van der Waals surface area (Å²) in [4.78, 5) is 29.8. The van der Waals surface area contributed by atoms with Crippen LogP contribution in [0, 0.1) is 0 Å². The molecule has 0 fully saturated rings. The standard InChI is InChI=1S/C17H14N2O4/c1-22-15-8-11(9-20)6-7-14(15)23-10-16-18-13-5-3-2-4-12(13)17(21)19-16/h2-9H,10H2,1H3,(H,18,19,21). The van der Waals surface area contributed by atoms with Crippen molar-refractivity contribution in [3.8, 4) is 11.5 Å². The third kappa shape index (κ3) is 3.06. The number of para-hydroxylation sites is 1. The molecule has 0 aliphatic carbocycles. The highest BCUT2D eigenvalue weighted by atomic mass is 16.5. The summed E-state index contributed by atoms with van der Waals surface area (Å²) in [7, 11) is 1.49. The summed E-state index contributed by atoms with van der Waals surface area (Å²) in [6.45, 7) is 0.0802. The van der Waals surface area contributed by atoms with Crippen LogP contribution in [0.5, 0.6) is 11.5 Å². The minimum atomic E-state index is -0.211. The Kier molecular flexibility index (Phi) is 4.05. The molecule has 0 spiro atoms. The van der Waals surface area contributed by atoms with Crippen molar-refractivity contribution in [2.24, 2.45) is 0 Å². The van der Waals surface area contributed by atoms with Crippen molar-refractivity contribution in [3.63, 3.8) is 0 Å². The highest BCUT2D eigenvalue weighted by Gasteiger charge is 2.08. The van der Waals surface area contributed by atoms with Gasteiger partial charge >= 0.3 is 0 Å². The number of rotatable bonds is 5. The van der Waals surface area contributed by atoms with Gasteiger partial charge in [-0.25, -0.2) is 4.98 Å². The van der Waals surface area contributed by atoms with E-state index < -0.39 is 0 Å². The van der Waals surface area contributed by atoms with Gasteiger partial charge in [0.15, 0.2) is 11.5 Å². The van der Waals surface area contributed by atoms with Crippen molar-refractivity contribution in [1.29, 1.82) is 0 Å². The summed E-state index contributed by atoms with van der Waals surface area (Å²) in [5.74, 6) is 1.32. The van der Waals surface area contributed by atoms with Gasteiger partial charge in [0.25, 0.3) is 5.56 Å². The first kappa shape index (κ1) is 14.8. The molecule has 0 saturated carbocycles. The number of methoxy groups -OCH3 is 1. The second-order valence-corrected chi connectivity index (χ2v) is 4.85.